The summed E-state index contributed by atoms with van der Waals surface area (Å²) >= 11 is 0. The Kier molecular flexibility index (Phi) is 9.86. The van der Waals surface area contributed by atoms with Gasteiger partial charge in [0.1, 0.15) is 5.84 Å². The van der Waals surface area contributed by atoms with Crippen molar-refractivity contribution in [2.75, 3.05) is 20.1 Å². The lowest BCUT2D eigenvalue weighted by atomic mass is 9.77. The van der Waals surface area contributed by atoms with Gasteiger partial charge in [0.2, 0.25) is 0 Å². The second kappa shape index (κ2) is 12.2. The molecule has 0 radical (unpaired) electrons. The van der Waals surface area contributed by atoms with Gasteiger partial charge in [-0.15, -0.1) is 0 Å². The van der Waals surface area contributed by atoms with Crippen molar-refractivity contribution in [2.45, 2.75) is 57.8 Å². The standard InChI is InChI=1S/C24H30F3N5O.CH5N/c1-23(2)14-32(15-23)20-7-8-21(17(9-20)11-28)30-12-18(13-33)22(29)31-19-5-3-16(4-6-19)10-24(25,26)27;1-2/h3-6,12-13,17,20-21,30H,7-10,14-15H2,1-2H3,(H2,29,31);2H2,1H3/b18-12-;. The molecule has 5 N–H and O–H groups in total. The molecule has 1 aromatic carbocycles. The SMILES string of the molecule is CC1(C)CN(C2CCC(N/C=C(/C=O)C(N)=Nc3ccc(CC(F)(F)F)cc3)C(C#N)C2)C1.CN. The van der Waals surface area contributed by atoms with E-state index in [0.29, 0.717) is 23.4 Å². The molecular formula is C25H35F3N6O. The van der Waals surface area contributed by atoms with Crippen LogP contribution in [0.4, 0.5) is 18.9 Å². The lowest BCUT2D eigenvalue weighted by molar-refractivity contribution is -0.127. The molecule has 3 atom stereocenters. The average Bonchev–Trinajstić information content (AvgIpc) is 2.79. The summed E-state index contributed by atoms with van der Waals surface area (Å²) in [6.45, 7) is 6.58. The number of halogens is 3. The molecule has 1 saturated heterocycles. The van der Waals surface area contributed by atoms with Gasteiger partial charge in [-0.3, -0.25) is 9.69 Å². The molecule has 0 amide bonds. The quantitative estimate of drug-likeness (QED) is 0.232. The molecule has 0 aromatic heterocycles. The van der Waals surface area contributed by atoms with Gasteiger partial charge in [-0.05, 0) is 49.4 Å². The second-order valence-corrected chi connectivity index (χ2v) is 9.72. The number of nitrogens with one attached hydrogen (secondary N) is 1. The third-order valence-corrected chi connectivity index (χ3v) is 6.23. The maximum atomic E-state index is 12.5. The van der Waals surface area contributed by atoms with E-state index >= 15 is 0 Å². The second-order valence-electron chi connectivity index (χ2n) is 9.72. The third-order valence-electron chi connectivity index (χ3n) is 6.23. The van der Waals surface area contributed by atoms with Crippen molar-refractivity contribution in [3.63, 3.8) is 0 Å². The highest BCUT2D eigenvalue weighted by Crippen LogP contribution is 2.36. The highest BCUT2D eigenvalue weighted by atomic mass is 19.4. The highest BCUT2D eigenvalue weighted by Gasteiger charge is 2.41. The molecule has 0 spiro atoms. The smallest absolute Gasteiger partial charge is 0.386 e. The number of carbonyl (C=O) groups excluding carboxylic acids is 1. The number of likely N-dealkylation sites (tertiary alicyclic amines) is 1. The van der Waals surface area contributed by atoms with E-state index in [0.717, 1.165) is 32.4 Å². The zero-order valence-corrected chi connectivity index (χ0v) is 20.5. The van der Waals surface area contributed by atoms with Crippen LogP contribution in [0.1, 0.15) is 38.7 Å². The summed E-state index contributed by atoms with van der Waals surface area (Å²) in [4.78, 5) is 18.1. The molecule has 1 heterocycles. The summed E-state index contributed by atoms with van der Waals surface area (Å²) < 4.78 is 37.5. The minimum absolute atomic E-state index is 0.0499. The molecule has 1 aliphatic heterocycles. The Morgan fingerprint density at radius 3 is 2.40 bits per heavy atom. The van der Waals surface area contributed by atoms with E-state index in [4.69, 9.17) is 5.73 Å². The molecule has 3 rings (SSSR count). The number of benzene rings is 1. The first-order chi connectivity index (χ1) is 16.5. The molecule has 192 valence electrons. The number of carbonyl (C=O) groups is 1. The minimum atomic E-state index is -4.28. The van der Waals surface area contributed by atoms with Crippen molar-refractivity contribution in [3.8, 4) is 6.07 Å². The monoisotopic (exact) mass is 492 g/mol. The largest absolute Gasteiger partial charge is 0.393 e. The van der Waals surface area contributed by atoms with E-state index in [1.807, 2.05) is 0 Å². The van der Waals surface area contributed by atoms with Gasteiger partial charge in [-0.2, -0.15) is 18.4 Å². The number of rotatable bonds is 7. The molecule has 7 nitrogen and oxygen atoms in total. The number of hydrogen-bond donors (Lipinski definition) is 3. The first-order valence-electron chi connectivity index (χ1n) is 11.6. The summed E-state index contributed by atoms with van der Waals surface area (Å²) in [6.07, 6.45) is -0.694. The predicted octanol–water partition coefficient (Wildman–Crippen LogP) is 3.43. The number of nitriles is 1. The summed E-state index contributed by atoms with van der Waals surface area (Å²) in [5.74, 6) is -0.234. The fourth-order valence-electron chi connectivity index (χ4n) is 4.62. The first kappa shape index (κ1) is 28.3. The van der Waals surface area contributed by atoms with Crippen molar-refractivity contribution >= 4 is 17.8 Å². The zero-order valence-electron chi connectivity index (χ0n) is 20.5. The third kappa shape index (κ3) is 8.37. The van der Waals surface area contributed by atoms with E-state index in [-0.39, 0.29) is 28.9 Å². The van der Waals surface area contributed by atoms with E-state index in [1.54, 1.807) is 0 Å². The molecule has 1 aliphatic carbocycles. The highest BCUT2D eigenvalue weighted by molar-refractivity contribution is 6.13. The number of hydrogen-bond acceptors (Lipinski definition) is 6. The fraction of sp³-hybridized carbons (Fsp3) is 0.560. The summed E-state index contributed by atoms with van der Waals surface area (Å²) in [5, 5.41) is 12.8. The first-order valence-corrected chi connectivity index (χ1v) is 11.6. The van der Waals surface area contributed by atoms with Crippen LogP contribution in [-0.4, -0.2) is 55.4 Å². The molecular weight excluding hydrogens is 457 g/mol. The van der Waals surface area contributed by atoms with Crippen LogP contribution >= 0.6 is 0 Å². The lowest BCUT2D eigenvalue weighted by Gasteiger charge is -2.52. The molecule has 2 aliphatic rings. The van der Waals surface area contributed by atoms with E-state index in [1.165, 1.54) is 37.5 Å². The predicted molar refractivity (Wildman–Crippen MR) is 131 cm³/mol. The molecule has 0 bridgehead atoms. The van der Waals surface area contributed by atoms with Crippen molar-refractivity contribution in [1.29, 1.82) is 5.26 Å². The van der Waals surface area contributed by atoms with Gasteiger partial charge in [-0.1, -0.05) is 26.0 Å². The van der Waals surface area contributed by atoms with Gasteiger partial charge in [0.05, 0.1) is 29.7 Å². The van der Waals surface area contributed by atoms with Crippen LogP contribution in [-0.2, 0) is 11.2 Å². The van der Waals surface area contributed by atoms with E-state index < -0.39 is 12.6 Å². The van der Waals surface area contributed by atoms with Crippen LogP contribution in [0.25, 0.3) is 0 Å². The number of alkyl halides is 3. The van der Waals surface area contributed by atoms with Crippen molar-refractivity contribution in [1.82, 2.24) is 10.2 Å². The number of aliphatic imine (C=N–C) groups is 1. The molecule has 2 fully saturated rings. The Balaban J connectivity index is 0.00000210. The van der Waals surface area contributed by atoms with Crippen LogP contribution in [0.5, 0.6) is 0 Å². The Morgan fingerprint density at radius 2 is 1.89 bits per heavy atom. The van der Waals surface area contributed by atoms with Gasteiger partial charge in [0, 0.05) is 31.4 Å². The fourth-order valence-corrected chi connectivity index (χ4v) is 4.62. The number of nitrogens with two attached hydrogens (primary N) is 2. The maximum Gasteiger partial charge on any atom is 0.393 e. The van der Waals surface area contributed by atoms with Crippen molar-refractivity contribution < 1.29 is 18.0 Å². The number of amidine groups is 1. The van der Waals surface area contributed by atoms with Gasteiger partial charge >= 0.3 is 6.18 Å². The molecule has 1 saturated carbocycles. The van der Waals surface area contributed by atoms with Gasteiger partial charge in [-0.25, -0.2) is 4.99 Å². The normalized spacial score (nSPS) is 24.9. The lowest BCUT2D eigenvalue weighted by Crippen LogP contribution is -2.59. The molecule has 35 heavy (non-hydrogen) atoms. The van der Waals surface area contributed by atoms with Crippen LogP contribution in [0, 0.1) is 22.7 Å². The Morgan fingerprint density at radius 1 is 1.26 bits per heavy atom. The van der Waals surface area contributed by atoms with Gasteiger partial charge in [0.25, 0.3) is 0 Å². The summed E-state index contributed by atoms with van der Waals surface area (Å²) in [7, 11) is 1.50. The van der Waals surface area contributed by atoms with Crippen molar-refractivity contribution in [3.05, 3.63) is 41.6 Å². The van der Waals surface area contributed by atoms with Crippen LogP contribution in [0.2, 0.25) is 0 Å². The average molecular weight is 493 g/mol. The van der Waals surface area contributed by atoms with Crippen LogP contribution < -0.4 is 16.8 Å². The molecule has 1 aromatic rings. The number of aldehydes is 1. The number of nitrogens with zero attached hydrogens (tertiary/aromatic N) is 3. The van der Waals surface area contributed by atoms with Crippen molar-refractivity contribution in [2.24, 2.45) is 27.8 Å². The Bertz CT molecular complexity index is 941. The molecule has 10 heteroatoms. The van der Waals surface area contributed by atoms with E-state index in [2.05, 4.69) is 40.9 Å². The topological polar surface area (TPSA) is 121 Å². The maximum absolute atomic E-state index is 12.5. The van der Waals surface area contributed by atoms with Crippen LogP contribution in [0.3, 0.4) is 0 Å². The van der Waals surface area contributed by atoms with Crippen LogP contribution in [0.15, 0.2) is 41.0 Å². The Hall–Kier alpha value is -2.90. The zero-order chi connectivity index (χ0) is 26.2. The van der Waals surface area contributed by atoms with E-state index in [9.17, 15) is 23.2 Å². The minimum Gasteiger partial charge on any atom is -0.386 e. The van der Waals surface area contributed by atoms with Gasteiger partial charge < -0.3 is 16.8 Å². The van der Waals surface area contributed by atoms with Gasteiger partial charge in [0.15, 0.2) is 6.29 Å². The summed E-state index contributed by atoms with van der Waals surface area (Å²) in [5.41, 5.74) is 11.4. The molecule has 3 unspecified atom stereocenters. The summed E-state index contributed by atoms with van der Waals surface area (Å²) in [6, 6.07) is 8.21. The Labute approximate surface area is 205 Å².